The van der Waals surface area contributed by atoms with Crippen LogP contribution in [0, 0.1) is 13.8 Å². The maximum Gasteiger partial charge on any atom is 0.119 e. The molecule has 100 valence electrons. The van der Waals surface area contributed by atoms with Crippen molar-refractivity contribution in [2.45, 2.75) is 26.8 Å². The van der Waals surface area contributed by atoms with Crippen LogP contribution in [0.3, 0.4) is 0 Å². The van der Waals surface area contributed by atoms with E-state index in [2.05, 4.69) is 25.2 Å². The van der Waals surface area contributed by atoms with E-state index < -0.39 is 0 Å². The van der Waals surface area contributed by atoms with Crippen molar-refractivity contribution in [3.05, 3.63) is 53.1 Å². The summed E-state index contributed by atoms with van der Waals surface area (Å²) in [7, 11) is 0. The highest BCUT2D eigenvalue weighted by Crippen LogP contribution is 2.28. The molecule has 0 fully saturated rings. The molecule has 0 amide bonds. The summed E-state index contributed by atoms with van der Waals surface area (Å²) in [6.07, 6.45) is 0. The summed E-state index contributed by atoms with van der Waals surface area (Å²) in [5.74, 6) is 0.147. The maximum absolute atomic E-state index is 9.52. The molecule has 19 heavy (non-hydrogen) atoms. The summed E-state index contributed by atoms with van der Waals surface area (Å²) in [4.78, 5) is 0. The number of aryl methyl sites for hydroxylation is 1. The zero-order chi connectivity index (χ0) is 14.0. The van der Waals surface area contributed by atoms with Crippen molar-refractivity contribution < 1.29 is 10.2 Å². The minimum Gasteiger partial charge on any atom is -0.508 e. The molecule has 0 bridgehead atoms. The van der Waals surface area contributed by atoms with E-state index in [0.29, 0.717) is 0 Å². The van der Waals surface area contributed by atoms with Crippen molar-refractivity contribution in [2.75, 3.05) is 5.32 Å². The fourth-order valence-corrected chi connectivity index (χ4v) is 2.09. The van der Waals surface area contributed by atoms with E-state index >= 15 is 0 Å². The second kappa shape index (κ2) is 5.22. The van der Waals surface area contributed by atoms with Gasteiger partial charge in [0.05, 0.1) is 0 Å². The van der Waals surface area contributed by atoms with Gasteiger partial charge in [-0.3, -0.25) is 0 Å². The largest absolute Gasteiger partial charge is 0.508 e. The van der Waals surface area contributed by atoms with Gasteiger partial charge < -0.3 is 15.5 Å². The fraction of sp³-hybridized carbons (Fsp3) is 0.250. The van der Waals surface area contributed by atoms with Crippen LogP contribution in [0.2, 0.25) is 0 Å². The summed E-state index contributed by atoms with van der Waals surface area (Å²) < 4.78 is 0. The van der Waals surface area contributed by atoms with Gasteiger partial charge in [-0.1, -0.05) is 12.1 Å². The lowest BCUT2D eigenvalue weighted by Crippen LogP contribution is -2.08. The highest BCUT2D eigenvalue weighted by molar-refractivity contribution is 5.55. The van der Waals surface area contributed by atoms with Crippen molar-refractivity contribution >= 4 is 5.69 Å². The van der Waals surface area contributed by atoms with Crippen LogP contribution in [-0.4, -0.2) is 10.2 Å². The lowest BCUT2D eigenvalue weighted by Gasteiger charge is -2.18. The summed E-state index contributed by atoms with van der Waals surface area (Å²) >= 11 is 0. The molecule has 3 nitrogen and oxygen atoms in total. The molecule has 3 N–H and O–H groups in total. The van der Waals surface area contributed by atoms with E-state index in [1.807, 2.05) is 19.1 Å². The van der Waals surface area contributed by atoms with Gasteiger partial charge in [-0.25, -0.2) is 0 Å². The van der Waals surface area contributed by atoms with Crippen LogP contribution >= 0.6 is 0 Å². The van der Waals surface area contributed by atoms with Gasteiger partial charge >= 0.3 is 0 Å². The van der Waals surface area contributed by atoms with Crippen LogP contribution in [-0.2, 0) is 0 Å². The smallest absolute Gasteiger partial charge is 0.119 e. The summed E-state index contributed by atoms with van der Waals surface area (Å²) in [6, 6.07) is 10.8. The fourth-order valence-electron chi connectivity index (χ4n) is 2.09. The molecule has 2 aromatic carbocycles. The Kier molecular flexibility index (Phi) is 3.65. The minimum atomic E-state index is -0.00139. The molecule has 0 saturated heterocycles. The Hall–Kier alpha value is -2.16. The van der Waals surface area contributed by atoms with E-state index in [1.54, 1.807) is 12.1 Å². The highest BCUT2D eigenvalue weighted by Gasteiger charge is 2.09. The minimum absolute atomic E-state index is 0.00139. The van der Waals surface area contributed by atoms with Crippen LogP contribution in [0.4, 0.5) is 5.69 Å². The van der Waals surface area contributed by atoms with Gasteiger partial charge in [0, 0.05) is 17.8 Å². The molecular formula is C16H19NO2. The van der Waals surface area contributed by atoms with Gasteiger partial charge in [0.25, 0.3) is 0 Å². The number of aromatic hydroxyl groups is 2. The monoisotopic (exact) mass is 257 g/mol. The lowest BCUT2D eigenvalue weighted by atomic mass is 10.0. The first kappa shape index (κ1) is 13.3. The lowest BCUT2D eigenvalue weighted by molar-refractivity contribution is 0.448. The molecule has 1 atom stereocenters. The number of phenolic OH excluding ortho intramolecular Hbond substituents is 2. The third kappa shape index (κ3) is 2.99. The third-order valence-electron chi connectivity index (χ3n) is 3.40. The Balaban J connectivity index is 2.25. The van der Waals surface area contributed by atoms with Crippen molar-refractivity contribution in [1.82, 2.24) is 0 Å². The molecule has 0 spiro atoms. The predicted octanol–water partition coefficient (Wildman–Crippen LogP) is 3.89. The zero-order valence-electron chi connectivity index (χ0n) is 11.4. The van der Waals surface area contributed by atoms with Gasteiger partial charge in [-0.15, -0.1) is 0 Å². The van der Waals surface area contributed by atoms with Crippen molar-refractivity contribution in [3.8, 4) is 11.5 Å². The van der Waals surface area contributed by atoms with Crippen LogP contribution < -0.4 is 5.32 Å². The number of rotatable bonds is 3. The predicted molar refractivity (Wildman–Crippen MR) is 77.7 cm³/mol. The highest BCUT2D eigenvalue weighted by atomic mass is 16.3. The Morgan fingerprint density at radius 3 is 2.26 bits per heavy atom. The number of hydrogen-bond acceptors (Lipinski definition) is 3. The Bertz CT molecular complexity index is 573. The maximum atomic E-state index is 9.52. The first-order valence-corrected chi connectivity index (χ1v) is 6.33. The van der Waals surface area contributed by atoms with Gasteiger partial charge in [-0.2, -0.15) is 0 Å². The molecule has 0 radical (unpaired) electrons. The van der Waals surface area contributed by atoms with Crippen LogP contribution in [0.5, 0.6) is 11.5 Å². The molecule has 0 saturated carbocycles. The normalized spacial score (nSPS) is 12.2. The molecule has 0 aliphatic heterocycles. The second-order valence-corrected chi connectivity index (χ2v) is 4.90. The van der Waals surface area contributed by atoms with E-state index in [-0.39, 0.29) is 17.5 Å². The topological polar surface area (TPSA) is 52.5 Å². The third-order valence-corrected chi connectivity index (χ3v) is 3.40. The van der Waals surface area contributed by atoms with Crippen LogP contribution in [0.1, 0.15) is 29.7 Å². The number of anilines is 1. The molecule has 2 aromatic rings. The van der Waals surface area contributed by atoms with E-state index in [9.17, 15) is 10.2 Å². The Morgan fingerprint density at radius 1 is 1.00 bits per heavy atom. The van der Waals surface area contributed by atoms with Crippen LogP contribution in [0.25, 0.3) is 0 Å². The first-order valence-electron chi connectivity index (χ1n) is 6.33. The average Bonchev–Trinajstić information content (AvgIpc) is 2.33. The molecule has 2 rings (SSSR count). The molecule has 3 heteroatoms. The average molecular weight is 257 g/mol. The quantitative estimate of drug-likeness (QED) is 0.782. The summed E-state index contributed by atoms with van der Waals surface area (Å²) in [6.45, 7) is 6.14. The van der Waals surface area contributed by atoms with Gasteiger partial charge in [0.15, 0.2) is 0 Å². The molecule has 1 unspecified atom stereocenters. The number of hydrogen-bond donors (Lipinski definition) is 3. The number of nitrogens with one attached hydrogen (secondary N) is 1. The second-order valence-electron chi connectivity index (χ2n) is 4.90. The SMILES string of the molecule is Cc1cccc(NC(C)c2cc(O)cc(O)c2)c1C. The number of phenols is 2. The van der Waals surface area contributed by atoms with E-state index in [4.69, 9.17) is 0 Å². The van der Waals surface area contributed by atoms with Crippen molar-refractivity contribution in [3.63, 3.8) is 0 Å². The van der Waals surface area contributed by atoms with Gasteiger partial charge in [0.1, 0.15) is 11.5 Å². The van der Waals surface area contributed by atoms with E-state index in [0.717, 1.165) is 11.3 Å². The van der Waals surface area contributed by atoms with Crippen LogP contribution in [0.15, 0.2) is 36.4 Å². The molecule has 0 aliphatic rings. The summed E-state index contributed by atoms with van der Waals surface area (Å²) in [5.41, 5.74) is 4.35. The van der Waals surface area contributed by atoms with Crippen molar-refractivity contribution in [1.29, 1.82) is 0 Å². The molecule has 0 aliphatic carbocycles. The zero-order valence-corrected chi connectivity index (χ0v) is 11.4. The Labute approximate surface area is 113 Å². The standard InChI is InChI=1S/C16H19NO2/c1-10-5-4-6-16(11(10)2)17-12(3)13-7-14(18)9-15(19)8-13/h4-9,12,17-19H,1-3H3. The van der Waals surface area contributed by atoms with E-state index in [1.165, 1.54) is 17.2 Å². The summed E-state index contributed by atoms with van der Waals surface area (Å²) in [5, 5.41) is 22.4. The Morgan fingerprint density at radius 2 is 1.63 bits per heavy atom. The first-order chi connectivity index (χ1) is 8.97. The van der Waals surface area contributed by atoms with Gasteiger partial charge in [0.2, 0.25) is 0 Å². The number of benzene rings is 2. The molecule has 0 heterocycles. The molecular weight excluding hydrogens is 238 g/mol. The molecule has 0 aromatic heterocycles. The van der Waals surface area contributed by atoms with Crippen molar-refractivity contribution in [2.24, 2.45) is 0 Å². The van der Waals surface area contributed by atoms with Gasteiger partial charge in [-0.05, 0) is 55.7 Å².